The van der Waals surface area contributed by atoms with Crippen LogP contribution < -0.4 is 4.74 Å². The van der Waals surface area contributed by atoms with Crippen LogP contribution >= 0.6 is 11.8 Å². The van der Waals surface area contributed by atoms with Gasteiger partial charge in [-0.15, -0.1) is 11.8 Å². The highest BCUT2D eigenvalue weighted by atomic mass is 32.2. The van der Waals surface area contributed by atoms with Gasteiger partial charge in [0.25, 0.3) is 0 Å². The first-order valence-corrected chi connectivity index (χ1v) is 14.1. The molecule has 0 aliphatic heterocycles. The zero-order valence-corrected chi connectivity index (χ0v) is 19.5. The number of rotatable bonds is 11. The molecule has 1 aromatic carbocycles. The number of nitrogens with zero attached hydrogens (tertiary/aromatic N) is 3. The Hall–Kier alpha value is -1.98. The quantitative estimate of drug-likeness (QED) is 0.137. The van der Waals surface area contributed by atoms with Gasteiger partial charge in [0.15, 0.2) is 5.69 Å². The molecule has 0 amide bonds. The molecule has 30 heavy (non-hydrogen) atoms. The first-order chi connectivity index (χ1) is 14.0. The Morgan fingerprint density at radius 2 is 2.00 bits per heavy atom. The highest BCUT2D eigenvalue weighted by Crippen LogP contribution is 2.40. The lowest BCUT2D eigenvalue weighted by Gasteiger charge is -2.17. The molecule has 0 fully saturated rings. The lowest BCUT2D eigenvalue weighted by Crippen LogP contribution is -2.22. The van der Waals surface area contributed by atoms with Crippen LogP contribution in [0.1, 0.15) is 13.8 Å². The third-order valence-corrected chi connectivity index (χ3v) is 6.72. The first kappa shape index (κ1) is 24.3. The molecule has 1 heterocycles. The van der Waals surface area contributed by atoms with Gasteiger partial charge >= 0.3 is 12.3 Å². The van der Waals surface area contributed by atoms with Gasteiger partial charge in [0.2, 0.25) is 0 Å². The Morgan fingerprint density at radius 1 is 1.30 bits per heavy atom. The van der Waals surface area contributed by atoms with Crippen LogP contribution in [0.15, 0.2) is 29.3 Å². The van der Waals surface area contributed by atoms with Crippen LogP contribution in [-0.2, 0) is 11.5 Å². The van der Waals surface area contributed by atoms with Crippen molar-refractivity contribution in [1.29, 1.82) is 0 Å². The van der Waals surface area contributed by atoms with Crippen molar-refractivity contribution >= 4 is 25.5 Å². The largest absolute Gasteiger partial charge is 0.434 e. The number of hydrogen-bond donors (Lipinski definition) is 0. The standard InChI is InChI=1S/C19H27F2N3O4SSi/c1-13(2)29-14-6-7-17(28-19(20)21)15(10-14)18-16(24(25)26)11-22-23(18)12-27-8-9-30(3,4)5/h6-7,10-11,13,19H,8-9,12H2,1-5H3. The predicted octanol–water partition coefficient (Wildman–Crippen LogP) is 5.87. The van der Waals surface area contributed by atoms with E-state index < -0.39 is 19.6 Å². The summed E-state index contributed by atoms with van der Waals surface area (Å²) in [5.74, 6) is -0.148. The number of thioether (sulfide) groups is 1. The second-order valence-electron chi connectivity index (χ2n) is 8.19. The number of halogens is 2. The Bertz CT molecular complexity index is 872. The summed E-state index contributed by atoms with van der Waals surface area (Å²) in [7, 11) is -1.31. The second kappa shape index (κ2) is 10.4. The summed E-state index contributed by atoms with van der Waals surface area (Å²) < 4.78 is 37.6. The molecule has 0 N–H and O–H groups in total. The lowest BCUT2D eigenvalue weighted by atomic mass is 10.1. The third kappa shape index (κ3) is 7.06. The van der Waals surface area contributed by atoms with E-state index >= 15 is 0 Å². The molecule has 0 aliphatic carbocycles. The minimum absolute atomic E-state index is 0.0245. The molecule has 0 saturated carbocycles. The van der Waals surface area contributed by atoms with E-state index in [2.05, 4.69) is 29.5 Å². The van der Waals surface area contributed by atoms with Crippen LogP contribution in [0.3, 0.4) is 0 Å². The van der Waals surface area contributed by atoms with Crippen molar-refractivity contribution in [3.8, 4) is 17.0 Å². The Labute approximate surface area is 179 Å². The normalized spacial score (nSPS) is 12.0. The summed E-state index contributed by atoms with van der Waals surface area (Å²) in [6.07, 6.45) is 1.10. The fourth-order valence-corrected chi connectivity index (χ4v) is 4.29. The first-order valence-electron chi connectivity index (χ1n) is 9.52. The van der Waals surface area contributed by atoms with Crippen LogP contribution in [-0.4, -0.2) is 41.2 Å². The van der Waals surface area contributed by atoms with E-state index in [1.807, 2.05) is 13.8 Å². The van der Waals surface area contributed by atoms with Gasteiger partial charge < -0.3 is 9.47 Å². The van der Waals surface area contributed by atoms with Gasteiger partial charge in [-0.05, 0) is 24.2 Å². The number of ether oxygens (including phenoxy) is 2. The van der Waals surface area contributed by atoms with Crippen LogP contribution in [0, 0.1) is 10.1 Å². The second-order valence-corrected chi connectivity index (χ2v) is 15.5. The molecule has 2 aromatic rings. The van der Waals surface area contributed by atoms with Crippen molar-refractivity contribution in [2.24, 2.45) is 0 Å². The molecule has 0 unspecified atom stereocenters. The summed E-state index contributed by atoms with van der Waals surface area (Å²) in [6, 6.07) is 5.60. The zero-order valence-electron chi connectivity index (χ0n) is 17.7. The highest BCUT2D eigenvalue weighted by Gasteiger charge is 2.26. The molecule has 1 aromatic heterocycles. The summed E-state index contributed by atoms with van der Waals surface area (Å²) in [4.78, 5) is 11.8. The van der Waals surface area contributed by atoms with E-state index in [9.17, 15) is 18.9 Å². The van der Waals surface area contributed by atoms with Crippen molar-refractivity contribution in [2.45, 2.75) is 63.0 Å². The van der Waals surface area contributed by atoms with Crippen molar-refractivity contribution in [2.75, 3.05) is 6.61 Å². The maximum absolute atomic E-state index is 13.0. The fraction of sp³-hybridized carbons (Fsp3) is 0.526. The van der Waals surface area contributed by atoms with Gasteiger partial charge in [0.05, 0.1) is 10.5 Å². The summed E-state index contributed by atoms with van der Waals surface area (Å²) in [6.45, 7) is 8.04. The topological polar surface area (TPSA) is 79.4 Å². The highest BCUT2D eigenvalue weighted by molar-refractivity contribution is 7.99. The molecule has 0 saturated heterocycles. The zero-order chi connectivity index (χ0) is 22.5. The molecule has 7 nitrogen and oxygen atoms in total. The Kier molecular flexibility index (Phi) is 8.39. The van der Waals surface area contributed by atoms with Crippen LogP contribution in [0.25, 0.3) is 11.3 Å². The number of benzene rings is 1. The average molecular weight is 460 g/mol. The fourth-order valence-electron chi connectivity index (χ4n) is 2.65. The van der Waals surface area contributed by atoms with E-state index in [0.717, 1.165) is 17.1 Å². The van der Waals surface area contributed by atoms with E-state index in [1.54, 1.807) is 12.1 Å². The molecule has 0 radical (unpaired) electrons. The van der Waals surface area contributed by atoms with Crippen LogP contribution in [0.5, 0.6) is 5.75 Å². The van der Waals surface area contributed by atoms with E-state index in [-0.39, 0.29) is 34.7 Å². The number of alkyl halides is 2. The van der Waals surface area contributed by atoms with Gasteiger partial charge in [-0.2, -0.15) is 13.9 Å². The monoisotopic (exact) mass is 459 g/mol. The average Bonchev–Trinajstić information content (AvgIpc) is 3.02. The summed E-state index contributed by atoms with van der Waals surface area (Å²) in [5, 5.41) is 15.9. The molecule has 0 bridgehead atoms. The third-order valence-electron chi connectivity index (χ3n) is 4.02. The maximum atomic E-state index is 13.0. The molecular weight excluding hydrogens is 432 g/mol. The van der Waals surface area contributed by atoms with Crippen molar-refractivity contribution in [1.82, 2.24) is 9.78 Å². The van der Waals surface area contributed by atoms with E-state index in [0.29, 0.717) is 6.61 Å². The molecule has 11 heteroatoms. The maximum Gasteiger partial charge on any atom is 0.387 e. The van der Waals surface area contributed by atoms with Crippen LogP contribution in [0.2, 0.25) is 25.7 Å². The Morgan fingerprint density at radius 3 is 2.57 bits per heavy atom. The van der Waals surface area contributed by atoms with Gasteiger partial charge in [-0.25, -0.2) is 4.68 Å². The molecule has 166 valence electrons. The van der Waals surface area contributed by atoms with Gasteiger partial charge in [-0.1, -0.05) is 33.5 Å². The molecule has 0 aliphatic rings. The number of hydrogen-bond acceptors (Lipinski definition) is 6. The van der Waals surface area contributed by atoms with E-state index in [4.69, 9.17) is 4.74 Å². The minimum atomic E-state index is -3.06. The van der Waals surface area contributed by atoms with Gasteiger partial charge in [0, 0.05) is 24.8 Å². The minimum Gasteiger partial charge on any atom is -0.434 e. The number of nitro groups is 1. The van der Waals surface area contributed by atoms with Crippen molar-refractivity contribution < 1.29 is 23.2 Å². The molecule has 0 atom stereocenters. The van der Waals surface area contributed by atoms with E-state index in [1.165, 1.54) is 22.5 Å². The van der Waals surface area contributed by atoms with Gasteiger partial charge in [-0.3, -0.25) is 10.1 Å². The SMILES string of the molecule is CC(C)Sc1ccc(OC(F)F)c(-c2c([N+](=O)[O-])cnn2COCC[Si](C)(C)C)c1. The smallest absolute Gasteiger partial charge is 0.387 e. The number of aromatic nitrogens is 2. The van der Waals surface area contributed by atoms with Crippen LogP contribution in [0.4, 0.5) is 14.5 Å². The lowest BCUT2D eigenvalue weighted by molar-refractivity contribution is -0.384. The Balaban J connectivity index is 2.46. The van der Waals surface area contributed by atoms with Crippen molar-refractivity contribution in [3.63, 3.8) is 0 Å². The molecule has 0 spiro atoms. The van der Waals surface area contributed by atoms with Gasteiger partial charge in [0.1, 0.15) is 18.7 Å². The molecular formula is C19H27F2N3O4SSi. The van der Waals surface area contributed by atoms with Crippen molar-refractivity contribution in [3.05, 3.63) is 34.5 Å². The predicted molar refractivity (Wildman–Crippen MR) is 116 cm³/mol. The molecule has 2 rings (SSSR count). The summed E-state index contributed by atoms with van der Waals surface area (Å²) in [5.41, 5.74) is -0.0385. The summed E-state index contributed by atoms with van der Waals surface area (Å²) >= 11 is 1.51.